The topological polar surface area (TPSA) is 69.8 Å². The number of aromatic amines is 1. The number of H-pyrrole nitrogens is 1. The van der Waals surface area contributed by atoms with Crippen molar-refractivity contribution >= 4 is 16.5 Å². The minimum atomic E-state index is -0.156. The fraction of sp³-hybridized carbons (Fsp3) is 0.391. The van der Waals surface area contributed by atoms with Crippen molar-refractivity contribution in [3.05, 3.63) is 58.9 Å². The molecule has 0 saturated carbocycles. The van der Waals surface area contributed by atoms with Gasteiger partial charge in [0.2, 0.25) is 0 Å². The number of nitrogens with zero attached hydrogens (tertiary/aromatic N) is 1. The maximum Gasteiger partial charge on any atom is 0.272 e. The van der Waals surface area contributed by atoms with Crippen LogP contribution in [-0.4, -0.2) is 29.3 Å². The summed E-state index contributed by atoms with van der Waals surface area (Å²) in [5.74, 6) is 0. The summed E-state index contributed by atoms with van der Waals surface area (Å²) < 4.78 is 0. The van der Waals surface area contributed by atoms with E-state index in [0.29, 0.717) is 11.4 Å². The fourth-order valence-corrected chi connectivity index (χ4v) is 3.26. The van der Waals surface area contributed by atoms with Crippen molar-refractivity contribution in [1.29, 1.82) is 0 Å². The van der Waals surface area contributed by atoms with Gasteiger partial charge in [-0.25, -0.2) is 5.10 Å². The van der Waals surface area contributed by atoms with Crippen molar-refractivity contribution in [2.24, 2.45) is 0 Å². The van der Waals surface area contributed by atoms with Crippen molar-refractivity contribution in [1.82, 2.24) is 15.5 Å². The molecule has 0 amide bonds. The number of rotatable bonds is 10. The van der Waals surface area contributed by atoms with Gasteiger partial charge < -0.3 is 10.6 Å². The molecule has 0 aliphatic heterocycles. The lowest BCUT2D eigenvalue weighted by molar-refractivity contribution is 0.513. The third-order valence-corrected chi connectivity index (χ3v) is 5.12. The standard InChI is InChI=1S/C23H30N4O/c1-3-17(2)24-14-7-4-8-15-25-19-11-9-10-18(16-19)22-20-12-5-6-13-21(20)23(28)27-26-22/h5-6,9-13,16-17,24-25H,3-4,7-8,14-15H2,1-2H3,(H,27,28). The summed E-state index contributed by atoms with van der Waals surface area (Å²) in [4.78, 5) is 12.0. The molecule has 0 bridgehead atoms. The summed E-state index contributed by atoms with van der Waals surface area (Å²) in [6.07, 6.45) is 4.74. The highest BCUT2D eigenvalue weighted by Crippen LogP contribution is 2.26. The molecule has 0 fully saturated rings. The molecule has 5 nitrogen and oxygen atoms in total. The van der Waals surface area contributed by atoms with Crippen LogP contribution < -0.4 is 16.2 Å². The summed E-state index contributed by atoms with van der Waals surface area (Å²) in [5.41, 5.74) is 2.72. The molecule has 0 saturated heterocycles. The molecule has 148 valence electrons. The van der Waals surface area contributed by atoms with Crippen molar-refractivity contribution in [3.63, 3.8) is 0 Å². The summed E-state index contributed by atoms with van der Waals surface area (Å²) in [7, 11) is 0. The van der Waals surface area contributed by atoms with Crippen LogP contribution in [0, 0.1) is 0 Å². The Kier molecular flexibility index (Phi) is 7.20. The molecule has 0 aliphatic carbocycles. The summed E-state index contributed by atoms with van der Waals surface area (Å²) >= 11 is 0. The minimum Gasteiger partial charge on any atom is -0.385 e. The molecule has 1 aromatic heterocycles. The molecule has 0 spiro atoms. The van der Waals surface area contributed by atoms with Crippen molar-refractivity contribution < 1.29 is 0 Å². The average molecular weight is 379 g/mol. The lowest BCUT2D eigenvalue weighted by atomic mass is 10.0. The van der Waals surface area contributed by atoms with Crippen LogP contribution in [0.1, 0.15) is 39.5 Å². The average Bonchev–Trinajstić information content (AvgIpc) is 2.73. The van der Waals surface area contributed by atoms with Crippen molar-refractivity contribution in [2.45, 2.75) is 45.6 Å². The number of hydrogen-bond acceptors (Lipinski definition) is 4. The maximum absolute atomic E-state index is 12.0. The zero-order valence-electron chi connectivity index (χ0n) is 16.8. The number of anilines is 1. The molecule has 0 radical (unpaired) electrons. The van der Waals surface area contributed by atoms with Gasteiger partial charge in [-0.15, -0.1) is 0 Å². The summed E-state index contributed by atoms with van der Waals surface area (Å²) in [6.45, 7) is 6.48. The van der Waals surface area contributed by atoms with E-state index >= 15 is 0 Å². The van der Waals surface area contributed by atoms with E-state index in [9.17, 15) is 4.79 Å². The van der Waals surface area contributed by atoms with Gasteiger partial charge in [0.25, 0.3) is 5.56 Å². The van der Waals surface area contributed by atoms with E-state index < -0.39 is 0 Å². The molecule has 3 aromatic rings. The number of hydrogen-bond donors (Lipinski definition) is 3. The number of aromatic nitrogens is 2. The molecule has 3 rings (SSSR count). The number of fused-ring (bicyclic) bond motifs is 1. The largest absolute Gasteiger partial charge is 0.385 e. The van der Waals surface area contributed by atoms with Crippen LogP contribution in [0.3, 0.4) is 0 Å². The quantitative estimate of drug-likeness (QED) is 0.452. The Bertz CT molecular complexity index is 950. The second-order valence-electron chi connectivity index (χ2n) is 7.28. The zero-order chi connectivity index (χ0) is 19.8. The molecule has 1 heterocycles. The number of unbranched alkanes of at least 4 members (excludes halogenated alkanes) is 2. The molecule has 5 heteroatoms. The van der Waals surface area contributed by atoms with Gasteiger partial charge in [0.05, 0.1) is 11.1 Å². The minimum absolute atomic E-state index is 0.156. The van der Waals surface area contributed by atoms with Crippen LogP contribution >= 0.6 is 0 Å². The second kappa shape index (κ2) is 10.0. The SMILES string of the molecule is CCC(C)NCCCCCNc1cccc(-c2n[nH]c(=O)c3ccccc23)c1. The van der Waals surface area contributed by atoms with Gasteiger partial charge >= 0.3 is 0 Å². The molecule has 0 aliphatic rings. The smallest absolute Gasteiger partial charge is 0.272 e. The van der Waals surface area contributed by atoms with E-state index in [-0.39, 0.29) is 5.56 Å². The highest BCUT2D eigenvalue weighted by Gasteiger charge is 2.08. The lowest BCUT2D eigenvalue weighted by Crippen LogP contribution is -2.26. The van der Waals surface area contributed by atoms with Gasteiger partial charge in [0, 0.05) is 29.2 Å². The van der Waals surface area contributed by atoms with Crippen LogP contribution in [0.5, 0.6) is 0 Å². The Morgan fingerprint density at radius 2 is 1.79 bits per heavy atom. The van der Waals surface area contributed by atoms with Crippen molar-refractivity contribution in [3.8, 4) is 11.3 Å². The number of nitrogens with one attached hydrogen (secondary N) is 3. The molecule has 28 heavy (non-hydrogen) atoms. The van der Waals surface area contributed by atoms with Crippen molar-refractivity contribution in [2.75, 3.05) is 18.4 Å². The van der Waals surface area contributed by atoms with Gasteiger partial charge in [0.15, 0.2) is 0 Å². The Hall–Kier alpha value is -2.66. The molecule has 2 aromatic carbocycles. The highest BCUT2D eigenvalue weighted by molar-refractivity contribution is 5.94. The Balaban J connectivity index is 1.58. The van der Waals surface area contributed by atoms with Crippen LogP contribution in [0.15, 0.2) is 53.3 Å². The Labute approximate surface area is 166 Å². The van der Waals surface area contributed by atoms with Gasteiger partial charge in [-0.3, -0.25) is 4.79 Å². The van der Waals surface area contributed by atoms with Crippen LogP contribution in [0.25, 0.3) is 22.0 Å². The summed E-state index contributed by atoms with van der Waals surface area (Å²) in [5, 5.41) is 15.5. The lowest BCUT2D eigenvalue weighted by Gasteiger charge is -2.11. The second-order valence-corrected chi connectivity index (χ2v) is 7.28. The molecule has 1 atom stereocenters. The summed E-state index contributed by atoms with van der Waals surface area (Å²) in [6, 6.07) is 16.4. The number of benzene rings is 2. The van der Waals surface area contributed by atoms with Crippen LogP contribution in [0.4, 0.5) is 5.69 Å². The van der Waals surface area contributed by atoms with Gasteiger partial charge in [-0.1, -0.05) is 43.7 Å². The molecular weight excluding hydrogens is 348 g/mol. The normalized spacial score (nSPS) is 12.2. The van der Waals surface area contributed by atoms with E-state index in [1.54, 1.807) is 0 Å². The monoisotopic (exact) mass is 378 g/mol. The molecule has 1 unspecified atom stereocenters. The maximum atomic E-state index is 12.0. The first kappa shape index (κ1) is 20.1. The van der Waals surface area contributed by atoms with E-state index in [1.807, 2.05) is 36.4 Å². The van der Waals surface area contributed by atoms with E-state index in [0.717, 1.165) is 41.8 Å². The first-order valence-corrected chi connectivity index (χ1v) is 10.2. The van der Waals surface area contributed by atoms with Gasteiger partial charge in [-0.05, 0) is 50.9 Å². The Morgan fingerprint density at radius 1 is 1.00 bits per heavy atom. The van der Waals surface area contributed by atoms with E-state index in [4.69, 9.17) is 0 Å². The predicted molar refractivity (Wildman–Crippen MR) is 118 cm³/mol. The fourth-order valence-electron chi connectivity index (χ4n) is 3.26. The van der Waals surface area contributed by atoms with Crippen LogP contribution in [0.2, 0.25) is 0 Å². The zero-order valence-corrected chi connectivity index (χ0v) is 16.8. The first-order valence-electron chi connectivity index (χ1n) is 10.2. The third kappa shape index (κ3) is 5.20. The van der Waals surface area contributed by atoms with E-state index in [2.05, 4.69) is 46.8 Å². The molecular formula is C23H30N4O. The first-order chi connectivity index (χ1) is 13.7. The Morgan fingerprint density at radius 3 is 2.61 bits per heavy atom. The van der Waals surface area contributed by atoms with Crippen LogP contribution in [-0.2, 0) is 0 Å². The predicted octanol–water partition coefficient (Wildman–Crippen LogP) is 4.56. The van der Waals surface area contributed by atoms with E-state index in [1.165, 1.54) is 19.3 Å². The highest BCUT2D eigenvalue weighted by atomic mass is 16.1. The third-order valence-electron chi connectivity index (χ3n) is 5.12. The molecule has 3 N–H and O–H groups in total. The van der Waals surface area contributed by atoms with Gasteiger partial charge in [-0.2, -0.15) is 5.10 Å². The van der Waals surface area contributed by atoms with Gasteiger partial charge in [0.1, 0.15) is 0 Å².